The Hall–Kier alpha value is -2.80. The summed E-state index contributed by atoms with van der Waals surface area (Å²) >= 11 is 0. The van der Waals surface area contributed by atoms with Gasteiger partial charge in [-0.2, -0.15) is 13.8 Å². The number of aliphatic hydroxyl groups excluding tert-OH is 1. The molecule has 5 nitrogen and oxygen atoms in total. The topological polar surface area (TPSA) is 68.4 Å². The van der Waals surface area contributed by atoms with Gasteiger partial charge in [-0.05, 0) is 29.3 Å². The Morgan fingerprint density at radius 3 is 2.72 bits per heavy atom. The molecule has 1 N–H and O–H groups in total. The Bertz CT molecular complexity index is 896. The van der Waals surface area contributed by atoms with Crippen LogP contribution in [-0.4, -0.2) is 21.9 Å². The van der Waals surface area contributed by atoms with Crippen molar-refractivity contribution in [1.29, 1.82) is 0 Å². The Kier molecular flexibility index (Phi) is 3.73. The minimum atomic E-state index is -3.70. The van der Waals surface area contributed by atoms with Crippen molar-refractivity contribution < 1.29 is 23.1 Å². The highest BCUT2D eigenvalue weighted by Crippen LogP contribution is 2.40. The SMILES string of the molecule is OC(c1ccccc1)C(F)(F)c1nc(-c2ccc3c(c2)CCO3)no1. The fraction of sp³-hybridized carbons (Fsp3) is 0.222. The van der Waals surface area contributed by atoms with Crippen molar-refractivity contribution in [1.82, 2.24) is 10.1 Å². The minimum Gasteiger partial charge on any atom is -0.493 e. The number of alkyl halides is 2. The molecule has 1 atom stereocenters. The van der Waals surface area contributed by atoms with Crippen LogP contribution in [0, 0.1) is 0 Å². The predicted octanol–water partition coefficient (Wildman–Crippen LogP) is 3.50. The van der Waals surface area contributed by atoms with E-state index in [0.717, 1.165) is 17.7 Å². The van der Waals surface area contributed by atoms with Crippen molar-refractivity contribution in [2.75, 3.05) is 6.61 Å². The lowest BCUT2D eigenvalue weighted by Crippen LogP contribution is -2.24. The van der Waals surface area contributed by atoms with Gasteiger partial charge < -0.3 is 14.4 Å². The highest BCUT2D eigenvalue weighted by atomic mass is 19.3. The number of hydrogen-bond acceptors (Lipinski definition) is 5. The monoisotopic (exact) mass is 344 g/mol. The van der Waals surface area contributed by atoms with Gasteiger partial charge in [-0.1, -0.05) is 35.5 Å². The summed E-state index contributed by atoms with van der Waals surface area (Å²) in [5, 5.41) is 13.7. The zero-order valence-electron chi connectivity index (χ0n) is 13.0. The van der Waals surface area contributed by atoms with Crippen LogP contribution >= 0.6 is 0 Å². The van der Waals surface area contributed by atoms with Crippen LogP contribution in [0.15, 0.2) is 53.1 Å². The molecule has 0 amide bonds. The fourth-order valence-electron chi connectivity index (χ4n) is 2.76. The zero-order valence-corrected chi connectivity index (χ0v) is 13.0. The van der Waals surface area contributed by atoms with Gasteiger partial charge in [0.1, 0.15) is 5.75 Å². The average molecular weight is 344 g/mol. The number of nitrogens with zero attached hydrogens (tertiary/aromatic N) is 2. The van der Waals surface area contributed by atoms with E-state index in [1.807, 2.05) is 0 Å². The summed E-state index contributed by atoms with van der Waals surface area (Å²) in [4.78, 5) is 3.80. The lowest BCUT2D eigenvalue weighted by Gasteiger charge is -2.18. The first-order chi connectivity index (χ1) is 12.1. The third-order valence-corrected chi connectivity index (χ3v) is 4.12. The van der Waals surface area contributed by atoms with Crippen molar-refractivity contribution in [3.8, 4) is 17.1 Å². The molecule has 1 aromatic heterocycles. The molecular weight excluding hydrogens is 330 g/mol. The molecule has 2 heterocycles. The molecule has 7 heteroatoms. The quantitative estimate of drug-likeness (QED) is 0.785. The second kappa shape index (κ2) is 5.93. The first-order valence-electron chi connectivity index (χ1n) is 7.77. The summed E-state index contributed by atoms with van der Waals surface area (Å²) < 4.78 is 39.2. The molecule has 0 fully saturated rings. The standard InChI is InChI=1S/C18H14F2N2O3/c19-18(20,15(23)11-4-2-1-3-5-11)17-21-16(22-25-17)13-6-7-14-12(10-13)8-9-24-14/h1-7,10,15,23H,8-9H2. The normalized spacial score (nSPS) is 14.8. The third kappa shape index (κ3) is 2.76. The number of aromatic nitrogens is 2. The van der Waals surface area contributed by atoms with Gasteiger partial charge in [0.05, 0.1) is 6.61 Å². The van der Waals surface area contributed by atoms with Gasteiger partial charge in [0.15, 0.2) is 6.10 Å². The van der Waals surface area contributed by atoms with Gasteiger partial charge >= 0.3 is 11.8 Å². The molecule has 1 aliphatic heterocycles. The molecule has 128 valence electrons. The number of halogens is 2. The fourth-order valence-corrected chi connectivity index (χ4v) is 2.76. The Morgan fingerprint density at radius 2 is 1.92 bits per heavy atom. The highest BCUT2D eigenvalue weighted by molar-refractivity contribution is 5.59. The van der Waals surface area contributed by atoms with E-state index in [1.54, 1.807) is 36.4 Å². The van der Waals surface area contributed by atoms with Crippen molar-refractivity contribution in [3.05, 3.63) is 65.5 Å². The summed E-state index contributed by atoms with van der Waals surface area (Å²) in [5.41, 5.74) is 1.60. The number of aliphatic hydroxyl groups is 1. The van der Waals surface area contributed by atoms with Crippen LogP contribution in [0.25, 0.3) is 11.4 Å². The molecule has 0 radical (unpaired) electrons. The maximum atomic E-state index is 14.5. The molecule has 3 aromatic rings. The van der Waals surface area contributed by atoms with E-state index in [9.17, 15) is 13.9 Å². The first kappa shape index (κ1) is 15.7. The maximum absolute atomic E-state index is 14.5. The molecule has 4 rings (SSSR count). The summed E-state index contributed by atoms with van der Waals surface area (Å²) in [6.45, 7) is 0.595. The first-order valence-corrected chi connectivity index (χ1v) is 7.77. The predicted molar refractivity (Wildman–Crippen MR) is 84.2 cm³/mol. The lowest BCUT2D eigenvalue weighted by atomic mass is 10.0. The number of hydrogen-bond donors (Lipinski definition) is 1. The van der Waals surface area contributed by atoms with Gasteiger partial charge in [-0.15, -0.1) is 0 Å². The summed E-state index contributed by atoms with van der Waals surface area (Å²) in [6, 6.07) is 12.9. The van der Waals surface area contributed by atoms with E-state index in [0.29, 0.717) is 12.2 Å². The maximum Gasteiger partial charge on any atom is 0.354 e. The molecule has 1 unspecified atom stereocenters. The van der Waals surface area contributed by atoms with Crippen LogP contribution in [0.3, 0.4) is 0 Å². The van der Waals surface area contributed by atoms with E-state index in [1.165, 1.54) is 12.1 Å². The van der Waals surface area contributed by atoms with E-state index < -0.39 is 17.9 Å². The van der Waals surface area contributed by atoms with Gasteiger partial charge in [-0.25, -0.2) is 0 Å². The lowest BCUT2D eigenvalue weighted by molar-refractivity contribution is -0.136. The smallest absolute Gasteiger partial charge is 0.354 e. The number of ether oxygens (including phenoxy) is 1. The summed E-state index contributed by atoms with van der Waals surface area (Å²) in [5.74, 6) is -3.80. The number of rotatable bonds is 4. The van der Waals surface area contributed by atoms with Gasteiger partial charge in [-0.3, -0.25) is 0 Å². The van der Waals surface area contributed by atoms with Gasteiger partial charge in [0.25, 0.3) is 0 Å². The summed E-state index contributed by atoms with van der Waals surface area (Å²) in [7, 11) is 0. The third-order valence-electron chi connectivity index (χ3n) is 4.12. The molecule has 0 spiro atoms. The Labute approximate surface area is 141 Å². The van der Waals surface area contributed by atoms with E-state index in [4.69, 9.17) is 9.26 Å². The molecule has 0 saturated heterocycles. The Balaban J connectivity index is 1.64. The van der Waals surface area contributed by atoms with E-state index in [-0.39, 0.29) is 11.4 Å². The highest BCUT2D eigenvalue weighted by Gasteiger charge is 2.47. The van der Waals surface area contributed by atoms with Crippen molar-refractivity contribution in [2.24, 2.45) is 0 Å². The Morgan fingerprint density at radius 1 is 1.12 bits per heavy atom. The van der Waals surface area contributed by atoms with Crippen LogP contribution in [-0.2, 0) is 12.3 Å². The van der Waals surface area contributed by atoms with Crippen LogP contribution in [0.5, 0.6) is 5.75 Å². The molecule has 0 aliphatic carbocycles. The van der Waals surface area contributed by atoms with Crippen LogP contribution < -0.4 is 4.74 Å². The van der Waals surface area contributed by atoms with Crippen LogP contribution in [0.1, 0.15) is 23.1 Å². The second-order valence-corrected chi connectivity index (χ2v) is 5.78. The molecule has 1 aliphatic rings. The molecule has 0 bridgehead atoms. The molecule has 0 saturated carbocycles. The number of benzene rings is 2. The van der Waals surface area contributed by atoms with Crippen molar-refractivity contribution in [2.45, 2.75) is 18.4 Å². The average Bonchev–Trinajstić information content (AvgIpc) is 3.30. The second-order valence-electron chi connectivity index (χ2n) is 5.78. The molecular formula is C18H14F2N2O3. The van der Waals surface area contributed by atoms with Crippen molar-refractivity contribution in [3.63, 3.8) is 0 Å². The van der Waals surface area contributed by atoms with Crippen molar-refractivity contribution >= 4 is 0 Å². The number of fused-ring (bicyclic) bond motifs is 1. The molecule has 25 heavy (non-hydrogen) atoms. The largest absolute Gasteiger partial charge is 0.493 e. The summed E-state index contributed by atoms with van der Waals surface area (Å²) in [6.07, 6.45) is -1.33. The van der Waals surface area contributed by atoms with Crippen LogP contribution in [0.2, 0.25) is 0 Å². The van der Waals surface area contributed by atoms with Crippen LogP contribution in [0.4, 0.5) is 8.78 Å². The minimum absolute atomic E-state index is 0.0460. The van der Waals surface area contributed by atoms with E-state index in [2.05, 4.69) is 10.1 Å². The van der Waals surface area contributed by atoms with E-state index >= 15 is 0 Å². The van der Waals surface area contributed by atoms with Gasteiger partial charge in [0.2, 0.25) is 5.82 Å². The zero-order chi connectivity index (χ0) is 17.4. The molecule has 2 aromatic carbocycles. The van der Waals surface area contributed by atoms with Gasteiger partial charge in [0, 0.05) is 12.0 Å².